The Morgan fingerprint density at radius 2 is 1.86 bits per heavy atom. The van der Waals surface area contributed by atoms with Crippen LogP contribution in [0.15, 0.2) is 0 Å². The fourth-order valence-corrected chi connectivity index (χ4v) is 0.108. The number of hydrogen-bond acceptors (Lipinski definition) is 4. The Labute approximate surface area is 49.7 Å². The molecule has 0 spiro atoms. The van der Waals surface area contributed by atoms with Gasteiger partial charge in [-0.1, -0.05) is 23.8 Å². The Bertz CT molecular complexity index is 100. The molecule has 0 atom stereocenters. The van der Waals surface area contributed by atoms with Gasteiger partial charge < -0.3 is 13.7 Å². The fourth-order valence-electron chi connectivity index (χ4n) is 0.0361. The number of nitrogens with one attached hydrogen (secondary N) is 1. The van der Waals surface area contributed by atoms with Gasteiger partial charge in [0.1, 0.15) is 0 Å². The average molecular weight is 138 g/mol. The van der Waals surface area contributed by atoms with Gasteiger partial charge in [0, 0.05) is 0 Å². The second kappa shape index (κ2) is 4.01. The first-order valence-corrected chi connectivity index (χ1v) is 2.66. The number of thiol groups is 1. The van der Waals surface area contributed by atoms with E-state index in [1.165, 1.54) is 0 Å². The third-order valence-corrected chi connectivity index (χ3v) is 0.610. The molecule has 0 unspecified atom stereocenters. The van der Waals surface area contributed by atoms with E-state index in [2.05, 4.69) is 17.5 Å². The highest BCUT2D eigenvalue weighted by atomic mass is 32.1. The van der Waals surface area contributed by atoms with Crippen molar-refractivity contribution in [2.24, 2.45) is 0 Å². The van der Waals surface area contributed by atoms with E-state index < -0.39 is 11.6 Å². The molecule has 1 saturated heterocycles. The third-order valence-electron chi connectivity index (χ3n) is 0.321. The summed E-state index contributed by atoms with van der Waals surface area (Å²) < 4.78 is 16.7. The molecule has 0 aromatic rings. The molecule has 3 nitrogen and oxygen atoms in total. The molecule has 1 fully saturated rings. The topological polar surface area (TPSA) is 56.1 Å². The summed E-state index contributed by atoms with van der Waals surface area (Å²) in [5.74, 6) is 0. The molecule has 0 saturated carbocycles. The molecule has 1 rings (SSSR count). The summed E-state index contributed by atoms with van der Waals surface area (Å²) in [5, 5.41) is 2.83. The zero-order valence-corrected chi connectivity index (χ0v) is 5.09. The normalized spacial score (nSPS) is 13.4. The Balaban J connectivity index is 0.000000110. The van der Waals surface area contributed by atoms with Crippen LogP contribution in [0, 0.1) is 0 Å². The van der Waals surface area contributed by atoms with Gasteiger partial charge in [-0.25, -0.2) is 0 Å². The van der Waals surface area contributed by atoms with E-state index in [1.807, 2.05) is 0 Å². The predicted octanol–water partition coefficient (Wildman–Crippen LogP) is -0.591. The monoisotopic (exact) mass is 138 g/mol. The van der Waals surface area contributed by atoms with Crippen LogP contribution < -0.4 is 5.32 Å². The van der Waals surface area contributed by atoms with Crippen LogP contribution in [0.1, 0.15) is 0 Å². The molecule has 1 heterocycles. The molecule has 0 aliphatic carbocycles. The van der Waals surface area contributed by atoms with Gasteiger partial charge in [0.2, 0.25) is 0 Å². The predicted molar refractivity (Wildman–Crippen MR) is 30.7 cm³/mol. The molecule has 5 heteroatoms. The summed E-state index contributed by atoms with van der Waals surface area (Å²) in [5.41, 5.74) is 0. The Morgan fingerprint density at radius 3 is 1.86 bits per heavy atom. The molecular weight excluding hydrogens is 134 g/mol. The third kappa shape index (κ3) is 10.7. The average Bonchev–Trinajstić information content (AvgIpc) is 2.25. The Morgan fingerprint density at radius 1 is 1.71 bits per heavy atom. The lowest BCUT2D eigenvalue weighted by Gasteiger charge is -1.34. The molecule has 1 aliphatic rings. The van der Waals surface area contributed by atoms with Crippen LogP contribution >= 0.6 is 12.2 Å². The minimum Gasteiger partial charge on any atom is -0.427 e. The van der Waals surface area contributed by atoms with Crippen LogP contribution in [0.5, 0.6) is 0 Å². The summed E-state index contributed by atoms with van der Waals surface area (Å²) in [6, 6.07) is 0. The number of hydrogen-bond donors (Lipinski definition) is 1. The van der Waals surface area contributed by atoms with Crippen molar-refractivity contribution in [3.8, 4) is 0 Å². The lowest BCUT2D eigenvalue weighted by atomic mass is 11.0. The van der Waals surface area contributed by atoms with Crippen molar-refractivity contribution in [2.45, 2.75) is 0 Å². The summed E-state index contributed by atoms with van der Waals surface area (Å²) in [4.78, 5) is 1.00. The first kappa shape index (κ1) is 6.84. The van der Waals surface area contributed by atoms with E-state index in [4.69, 9.17) is 8.42 Å². The van der Waals surface area contributed by atoms with Crippen LogP contribution in [0.2, 0.25) is 0 Å². The van der Waals surface area contributed by atoms with Gasteiger partial charge in [0.05, 0.1) is 11.5 Å². The Kier molecular flexibility index (Phi) is 3.92. The van der Waals surface area contributed by atoms with Crippen molar-refractivity contribution >= 4 is 28.8 Å². The van der Waals surface area contributed by atoms with E-state index in [0.29, 0.717) is 0 Å². The van der Waals surface area contributed by atoms with Crippen LogP contribution in [-0.4, -0.2) is 11.5 Å². The summed E-state index contributed by atoms with van der Waals surface area (Å²) in [6.07, 6.45) is 0. The van der Waals surface area contributed by atoms with Gasteiger partial charge in [-0.05, 0) is 0 Å². The molecule has 0 radical (unpaired) electrons. The van der Waals surface area contributed by atoms with Crippen molar-refractivity contribution in [3.05, 3.63) is 0 Å². The first-order valence-electron chi connectivity index (χ1n) is 1.53. The van der Waals surface area contributed by atoms with Crippen LogP contribution in [0.4, 0.5) is 0 Å². The Hall–Kier alpha value is -0.160. The van der Waals surface area contributed by atoms with Gasteiger partial charge >= 0.3 is 0 Å². The molecule has 0 amide bonds. The lowest BCUT2D eigenvalue weighted by molar-refractivity contribution is 0.541. The largest absolute Gasteiger partial charge is 0.427 e. The number of thiocarbonyl (C=S) groups is 1. The van der Waals surface area contributed by atoms with Crippen molar-refractivity contribution < 1.29 is 8.42 Å². The molecule has 42 valence electrons. The minimum absolute atomic E-state index is 0.968. The SMILES string of the molecule is O=[SH-]=O.S=C1CN1. The van der Waals surface area contributed by atoms with Crippen molar-refractivity contribution in [1.82, 2.24) is 5.32 Å². The summed E-state index contributed by atoms with van der Waals surface area (Å²) >= 11 is 3.45. The van der Waals surface area contributed by atoms with E-state index in [1.54, 1.807) is 0 Å². The van der Waals surface area contributed by atoms with E-state index >= 15 is 0 Å². The maximum absolute atomic E-state index is 8.35. The van der Waals surface area contributed by atoms with Gasteiger partial charge in [-0.3, -0.25) is 0 Å². The second-order valence-electron chi connectivity index (χ2n) is 0.851. The molecular formula is C2H4NO2S2-. The maximum atomic E-state index is 8.35. The summed E-state index contributed by atoms with van der Waals surface area (Å²) in [7, 11) is 0. The standard InChI is InChI=1S/C2H3NS.HO2S/c4-2-1-3-2;1-3-2/h1H2,(H,3,4);3H/q;-1. The second-order valence-corrected chi connectivity index (χ2v) is 1.49. The van der Waals surface area contributed by atoms with Gasteiger partial charge in [-0.2, -0.15) is 0 Å². The quantitative estimate of drug-likeness (QED) is 0.210. The zero-order chi connectivity index (χ0) is 5.70. The highest BCUT2D eigenvalue weighted by Crippen LogP contribution is 1.79. The number of rotatable bonds is 0. The molecule has 7 heavy (non-hydrogen) atoms. The van der Waals surface area contributed by atoms with Gasteiger partial charge in [0.25, 0.3) is 0 Å². The minimum atomic E-state index is -1.08. The van der Waals surface area contributed by atoms with Crippen LogP contribution in [0.25, 0.3) is 0 Å². The van der Waals surface area contributed by atoms with Crippen molar-refractivity contribution in [1.29, 1.82) is 0 Å². The smallest absolute Gasteiger partial charge is 0.0951 e. The molecule has 0 aromatic carbocycles. The fraction of sp³-hybridized carbons (Fsp3) is 0.500. The summed E-state index contributed by atoms with van der Waals surface area (Å²) in [6.45, 7) is 0.968. The van der Waals surface area contributed by atoms with Gasteiger partial charge in [-0.15, -0.1) is 0 Å². The van der Waals surface area contributed by atoms with E-state index in [0.717, 1.165) is 11.5 Å². The van der Waals surface area contributed by atoms with Crippen LogP contribution in [0.3, 0.4) is 0 Å². The zero-order valence-electron chi connectivity index (χ0n) is 3.38. The van der Waals surface area contributed by atoms with E-state index in [9.17, 15) is 0 Å². The lowest BCUT2D eigenvalue weighted by Crippen LogP contribution is -1.62. The molecule has 0 bridgehead atoms. The molecule has 0 aromatic heterocycles. The van der Waals surface area contributed by atoms with Gasteiger partial charge in [0.15, 0.2) is 0 Å². The first-order chi connectivity index (χ1) is 3.31. The van der Waals surface area contributed by atoms with E-state index in [-0.39, 0.29) is 0 Å². The van der Waals surface area contributed by atoms with Crippen LogP contribution in [-0.2, 0) is 20.0 Å². The maximum Gasteiger partial charge on any atom is 0.0951 e. The molecule has 1 aliphatic heterocycles. The van der Waals surface area contributed by atoms with Crippen molar-refractivity contribution in [2.75, 3.05) is 6.54 Å². The molecule has 1 N–H and O–H groups in total. The highest BCUT2D eigenvalue weighted by Gasteiger charge is 2.04. The van der Waals surface area contributed by atoms with Crippen molar-refractivity contribution in [3.63, 3.8) is 0 Å². The highest BCUT2D eigenvalue weighted by molar-refractivity contribution is 7.81.